The van der Waals surface area contributed by atoms with E-state index in [1.165, 1.54) is 51.2 Å². The highest BCUT2D eigenvalue weighted by Crippen LogP contribution is 2.32. The molecule has 1 aliphatic rings. The summed E-state index contributed by atoms with van der Waals surface area (Å²) in [6.45, 7) is 11.1. The molecule has 1 heterocycles. The number of aryl methyl sites for hydroxylation is 3. The number of benzene rings is 2. The van der Waals surface area contributed by atoms with Crippen molar-refractivity contribution in [3.8, 4) is 0 Å². The molecule has 0 bridgehead atoms. The lowest BCUT2D eigenvalue weighted by atomic mass is 9.92. The van der Waals surface area contributed by atoms with Crippen molar-refractivity contribution in [1.29, 1.82) is 0 Å². The smallest absolute Gasteiger partial charge is 0.0768 e. The molecule has 2 aromatic carbocycles. The molecular weight excluding hydrogens is 376 g/mol. The molecule has 0 fully saturated rings. The maximum atomic E-state index is 4.58. The van der Waals surface area contributed by atoms with E-state index >= 15 is 0 Å². The molecule has 0 saturated carbocycles. The number of rotatable bonds is 8. The molecule has 1 aliphatic carbocycles. The normalized spacial score (nSPS) is 13.6. The van der Waals surface area contributed by atoms with Crippen LogP contribution in [0.2, 0.25) is 0 Å². The van der Waals surface area contributed by atoms with Crippen molar-refractivity contribution in [2.75, 3.05) is 5.32 Å². The Balaban J connectivity index is 1.72. The molecule has 2 nitrogen and oxygen atoms in total. The first-order valence-corrected chi connectivity index (χ1v) is 11.6. The highest BCUT2D eigenvalue weighted by atomic mass is 14.9. The molecule has 2 N–H and O–H groups in total. The monoisotopic (exact) mass is 410 g/mol. The number of fused-ring (bicyclic) bond motifs is 1. The fraction of sp³-hybridized carbons (Fsp3) is 0.310. The van der Waals surface area contributed by atoms with Gasteiger partial charge >= 0.3 is 0 Å². The van der Waals surface area contributed by atoms with Crippen LogP contribution in [0.5, 0.6) is 0 Å². The van der Waals surface area contributed by atoms with E-state index < -0.39 is 0 Å². The van der Waals surface area contributed by atoms with Crippen LogP contribution in [0.1, 0.15) is 66.5 Å². The van der Waals surface area contributed by atoms with E-state index in [0.29, 0.717) is 0 Å². The van der Waals surface area contributed by atoms with Crippen LogP contribution in [0, 0.1) is 13.8 Å². The minimum Gasteiger partial charge on any atom is -0.374 e. The standard InChI is InChI=1S/C29H34N2/c1-5-6-9-23-16-21(3)17-25(18-23)31-29(24-14-12-20(2)13-15-24)22(4)27-19-30-28-11-8-7-10-26(27)28/h10-19,29-31H,4-9H2,1-3H3. The summed E-state index contributed by atoms with van der Waals surface area (Å²) >= 11 is 0. The summed E-state index contributed by atoms with van der Waals surface area (Å²) in [4.78, 5) is 3.45. The molecule has 1 unspecified atom stereocenters. The minimum absolute atomic E-state index is 0.0108. The third kappa shape index (κ3) is 4.85. The maximum Gasteiger partial charge on any atom is 0.0768 e. The minimum atomic E-state index is 0.0108. The number of nitrogens with one attached hydrogen (secondary N) is 2. The Bertz CT molecular complexity index is 1180. The number of aromatic amines is 1. The highest BCUT2D eigenvalue weighted by molar-refractivity contribution is 5.74. The summed E-state index contributed by atoms with van der Waals surface area (Å²) < 4.78 is 0. The van der Waals surface area contributed by atoms with E-state index in [1.54, 1.807) is 0 Å². The lowest BCUT2D eigenvalue weighted by molar-refractivity contribution is 0.794. The lowest BCUT2D eigenvalue weighted by Gasteiger charge is -2.24. The molecule has 0 amide bonds. The number of unbranched alkanes of at least 4 members (excludes halogenated alkanes) is 1. The van der Waals surface area contributed by atoms with Crippen molar-refractivity contribution in [1.82, 2.24) is 4.98 Å². The molecule has 4 rings (SSSR count). The first-order chi connectivity index (χ1) is 15.0. The molecule has 1 atom stereocenters. The fourth-order valence-corrected chi connectivity index (χ4v) is 4.48. The van der Waals surface area contributed by atoms with Crippen LogP contribution < -0.4 is 15.9 Å². The molecule has 0 radical (unpaired) electrons. The molecule has 0 saturated heterocycles. The van der Waals surface area contributed by atoms with Crippen molar-refractivity contribution in [3.63, 3.8) is 0 Å². The number of hydrogen-bond acceptors (Lipinski definition) is 1. The van der Waals surface area contributed by atoms with E-state index in [0.717, 1.165) is 30.5 Å². The third-order valence-corrected chi connectivity index (χ3v) is 6.19. The topological polar surface area (TPSA) is 27.8 Å². The Kier molecular flexibility index (Phi) is 6.46. The Morgan fingerprint density at radius 3 is 2.58 bits per heavy atom. The van der Waals surface area contributed by atoms with Gasteiger partial charge in [-0.2, -0.15) is 0 Å². The van der Waals surface area contributed by atoms with Crippen LogP contribution in [0.25, 0.3) is 17.7 Å². The largest absolute Gasteiger partial charge is 0.374 e. The van der Waals surface area contributed by atoms with Crippen LogP contribution in [0.3, 0.4) is 0 Å². The second kappa shape index (κ2) is 9.43. The summed E-state index contributed by atoms with van der Waals surface area (Å²) in [7, 11) is 0. The van der Waals surface area contributed by atoms with Gasteiger partial charge in [0.15, 0.2) is 0 Å². The van der Waals surface area contributed by atoms with Gasteiger partial charge in [-0.05, 0) is 73.9 Å². The van der Waals surface area contributed by atoms with Gasteiger partial charge in [-0.3, -0.25) is 0 Å². The second-order valence-electron chi connectivity index (χ2n) is 8.84. The molecule has 1 aromatic heterocycles. The first-order valence-electron chi connectivity index (χ1n) is 11.6. The van der Waals surface area contributed by atoms with E-state index in [1.807, 2.05) is 0 Å². The van der Waals surface area contributed by atoms with E-state index in [9.17, 15) is 0 Å². The Labute approximate surface area is 186 Å². The second-order valence-corrected chi connectivity index (χ2v) is 8.84. The Morgan fingerprint density at radius 2 is 1.81 bits per heavy atom. The maximum absolute atomic E-state index is 4.58. The molecule has 0 aliphatic heterocycles. The summed E-state index contributed by atoms with van der Waals surface area (Å²) in [5.41, 5.74) is 8.69. The average Bonchev–Trinajstić information content (AvgIpc) is 3.20. The first kappa shape index (κ1) is 21.2. The van der Waals surface area contributed by atoms with Gasteiger partial charge in [-0.1, -0.05) is 68.0 Å². The van der Waals surface area contributed by atoms with Crippen molar-refractivity contribution < 1.29 is 0 Å². The van der Waals surface area contributed by atoms with Gasteiger partial charge in [0.25, 0.3) is 0 Å². The quantitative estimate of drug-likeness (QED) is 0.455. The number of hydrogen-bond donors (Lipinski definition) is 2. The molecule has 0 spiro atoms. The van der Waals surface area contributed by atoms with Crippen molar-refractivity contribution >= 4 is 23.4 Å². The Morgan fingerprint density at radius 1 is 1.03 bits per heavy atom. The van der Waals surface area contributed by atoms with Crippen LogP contribution in [-0.2, 0) is 6.42 Å². The number of anilines is 1. The van der Waals surface area contributed by atoms with Gasteiger partial charge in [0.2, 0.25) is 0 Å². The zero-order valence-electron chi connectivity index (χ0n) is 19.1. The average molecular weight is 411 g/mol. The van der Waals surface area contributed by atoms with Crippen LogP contribution in [0.15, 0.2) is 55.2 Å². The summed E-state index contributed by atoms with van der Waals surface area (Å²) in [6, 6.07) is 15.7. The lowest BCUT2D eigenvalue weighted by Crippen LogP contribution is -2.28. The highest BCUT2D eigenvalue weighted by Gasteiger charge is 2.19. The van der Waals surface area contributed by atoms with Crippen LogP contribution in [-0.4, -0.2) is 4.98 Å². The van der Waals surface area contributed by atoms with Gasteiger partial charge in [-0.25, -0.2) is 0 Å². The summed E-state index contributed by atoms with van der Waals surface area (Å²) in [6.07, 6.45) is 12.5. The predicted octanol–water partition coefficient (Wildman–Crippen LogP) is 6.20. The number of aromatic nitrogens is 1. The summed E-state index contributed by atoms with van der Waals surface area (Å²) in [5.74, 6) is 0. The van der Waals surface area contributed by atoms with Gasteiger partial charge in [0, 0.05) is 28.0 Å². The molecule has 3 aromatic rings. The van der Waals surface area contributed by atoms with Gasteiger partial charge in [-0.15, -0.1) is 0 Å². The van der Waals surface area contributed by atoms with E-state index in [4.69, 9.17) is 0 Å². The predicted molar refractivity (Wildman–Crippen MR) is 135 cm³/mol. The fourth-order valence-electron chi connectivity index (χ4n) is 4.48. The SMILES string of the molecule is C=C(c1c[nH]c2c1=CCCC=2)C(Nc1cc(C)cc(CCCC)c1)c1ccc(C)cc1. The molecular formula is C29H34N2. The zero-order chi connectivity index (χ0) is 21.8. The van der Waals surface area contributed by atoms with Crippen LogP contribution in [0.4, 0.5) is 5.69 Å². The van der Waals surface area contributed by atoms with Gasteiger partial charge < -0.3 is 10.3 Å². The number of H-pyrrole nitrogens is 1. The summed E-state index contributed by atoms with van der Waals surface area (Å²) in [5, 5.41) is 6.35. The zero-order valence-corrected chi connectivity index (χ0v) is 19.1. The van der Waals surface area contributed by atoms with Crippen molar-refractivity contribution in [2.45, 2.75) is 58.9 Å². The molecule has 2 heteroatoms. The van der Waals surface area contributed by atoms with Crippen LogP contribution >= 0.6 is 0 Å². The molecule has 31 heavy (non-hydrogen) atoms. The Hall–Kier alpha value is -3.00. The third-order valence-electron chi connectivity index (χ3n) is 6.19. The van der Waals surface area contributed by atoms with Crippen molar-refractivity contribution in [2.24, 2.45) is 0 Å². The van der Waals surface area contributed by atoms with E-state index in [2.05, 4.69) is 98.5 Å². The van der Waals surface area contributed by atoms with Gasteiger partial charge in [0.1, 0.15) is 0 Å². The van der Waals surface area contributed by atoms with Crippen molar-refractivity contribution in [3.05, 3.63) is 93.6 Å². The van der Waals surface area contributed by atoms with E-state index in [-0.39, 0.29) is 6.04 Å². The molecule has 160 valence electrons. The van der Waals surface area contributed by atoms with Gasteiger partial charge in [0.05, 0.1) is 6.04 Å².